The molecule has 4 unspecified atom stereocenters. The summed E-state index contributed by atoms with van der Waals surface area (Å²) in [4.78, 5) is 0. The molecule has 0 radical (unpaired) electrons. The van der Waals surface area contributed by atoms with Crippen LogP contribution in [0.15, 0.2) is 35.6 Å². The Morgan fingerprint density at radius 3 is 2.74 bits per heavy atom. The van der Waals surface area contributed by atoms with Gasteiger partial charge in [-0.3, -0.25) is 0 Å². The molecule has 6 N–H and O–H groups in total. The highest BCUT2D eigenvalue weighted by atomic mass is 16.5. The number of rotatable bonds is 8. The molecule has 1 aromatic carbocycles. The lowest BCUT2D eigenvalue weighted by molar-refractivity contribution is 0.0166. The Hall–Kier alpha value is -2.50. The fraction of sp³-hybridized carbons (Fsp3) is 0.613. The lowest BCUT2D eigenvalue weighted by atomic mass is 9.96. The van der Waals surface area contributed by atoms with Crippen LogP contribution in [0, 0.1) is 17.8 Å². The minimum absolute atomic E-state index is 0.0637. The number of hydrogen-bond donors (Lipinski definition) is 5. The average Bonchev–Trinajstić information content (AvgIpc) is 2.94. The van der Waals surface area contributed by atoms with Crippen LogP contribution in [0.4, 0.5) is 0 Å². The highest BCUT2D eigenvalue weighted by molar-refractivity contribution is 5.49. The number of aryl methyl sites for hydroxylation is 1. The van der Waals surface area contributed by atoms with E-state index < -0.39 is 6.10 Å². The number of dihydropyridines is 1. The quantitative estimate of drug-likeness (QED) is 0.324. The number of phenols is 1. The van der Waals surface area contributed by atoms with Gasteiger partial charge in [-0.25, -0.2) is 0 Å². The molecule has 2 heterocycles. The minimum Gasteiger partial charge on any atom is -0.504 e. The molecular formula is C31H44N2O5. The summed E-state index contributed by atoms with van der Waals surface area (Å²) in [5, 5.41) is 34.4. The van der Waals surface area contributed by atoms with Crippen LogP contribution in [0.2, 0.25) is 0 Å². The summed E-state index contributed by atoms with van der Waals surface area (Å²) >= 11 is 0. The number of aliphatic hydroxyl groups excluding tert-OH is 2. The van der Waals surface area contributed by atoms with E-state index in [-0.39, 0.29) is 36.6 Å². The SMILES string of the molecule is CC1C#CC2=CC(N)NC=C2COC(CC(O)CCc2cc(OC3CCCCC3)c(O)cc2CO)CCC1. The van der Waals surface area contributed by atoms with E-state index in [1.54, 1.807) is 6.07 Å². The van der Waals surface area contributed by atoms with Crippen LogP contribution >= 0.6 is 0 Å². The minimum atomic E-state index is -0.552. The molecule has 7 nitrogen and oxygen atoms in total. The molecule has 38 heavy (non-hydrogen) atoms. The smallest absolute Gasteiger partial charge is 0.161 e. The van der Waals surface area contributed by atoms with E-state index in [0.29, 0.717) is 37.2 Å². The lowest BCUT2D eigenvalue weighted by Crippen LogP contribution is -2.35. The number of benzene rings is 1. The van der Waals surface area contributed by atoms with Gasteiger partial charge < -0.3 is 35.8 Å². The normalized spacial score (nSPS) is 25.4. The van der Waals surface area contributed by atoms with E-state index >= 15 is 0 Å². The summed E-state index contributed by atoms with van der Waals surface area (Å²) in [5.41, 5.74) is 9.48. The summed E-state index contributed by atoms with van der Waals surface area (Å²) in [6.07, 6.45) is 13.1. The molecule has 3 aliphatic rings. The van der Waals surface area contributed by atoms with Gasteiger partial charge in [-0.05, 0) is 93.5 Å². The van der Waals surface area contributed by atoms with Gasteiger partial charge in [0.25, 0.3) is 0 Å². The first-order chi connectivity index (χ1) is 18.4. The van der Waals surface area contributed by atoms with Crippen LogP contribution in [0.1, 0.15) is 82.3 Å². The highest BCUT2D eigenvalue weighted by Crippen LogP contribution is 2.34. The van der Waals surface area contributed by atoms with Crippen LogP contribution in [0.3, 0.4) is 0 Å². The maximum absolute atomic E-state index is 11.0. The monoisotopic (exact) mass is 524 g/mol. The molecule has 7 heteroatoms. The maximum Gasteiger partial charge on any atom is 0.161 e. The maximum atomic E-state index is 11.0. The predicted molar refractivity (Wildman–Crippen MR) is 148 cm³/mol. The van der Waals surface area contributed by atoms with Crippen LogP contribution in [0.25, 0.3) is 0 Å². The van der Waals surface area contributed by atoms with Crippen molar-refractivity contribution in [3.05, 3.63) is 46.7 Å². The molecule has 1 aromatic rings. The molecule has 2 aliphatic heterocycles. The van der Waals surface area contributed by atoms with Crippen molar-refractivity contribution in [2.45, 2.75) is 109 Å². The molecule has 0 amide bonds. The van der Waals surface area contributed by atoms with E-state index in [1.165, 1.54) is 6.42 Å². The standard InChI is InChI=1S/C31H44N2O5/c1-21-6-5-9-28(37-20-25-18-33-31(32)16-23(25)11-10-21)17-26(35)13-12-22-15-30(29(36)14-24(22)19-34)38-27-7-3-2-4-8-27/h14-16,18,21,26-28,31,33-36H,2-9,12-13,17,19-20,32H2,1H3. The average molecular weight is 525 g/mol. The first-order valence-electron chi connectivity index (χ1n) is 14.3. The Balaban J connectivity index is 1.36. The Bertz CT molecular complexity index is 1050. The van der Waals surface area contributed by atoms with E-state index in [0.717, 1.165) is 61.7 Å². The van der Waals surface area contributed by atoms with Gasteiger partial charge in [0.2, 0.25) is 0 Å². The zero-order valence-electron chi connectivity index (χ0n) is 22.6. The second-order valence-corrected chi connectivity index (χ2v) is 11.0. The van der Waals surface area contributed by atoms with Crippen LogP contribution in [0.5, 0.6) is 11.5 Å². The zero-order valence-corrected chi connectivity index (χ0v) is 22.6. The van der Waals surface area contributed by atoms with E-state index in [9.17, 15) is 15.3 Å². The van der Waals surface area contributed by atoms with Crippen molar-refractivity contribution in [3.63, 3.8) is 0 Å². The third-order valence-electron chi connectivity index (χ3n) is 7.81. The van der Waals surface area contributed by atoms with Crippen LogP contribution in [-0.4, -0.2) is 46.4 Å². The summed E-state index contributed by atoms with van der Waals surface area (Å²) in [5.74, 6) is 7.44. The number of hydrogen-bond acceptors (Lipinski definition) is 7. The Kier molecular flexibility index (Phi) is 10.5. The van der Waals surface area contributed by atoms with Crippen LogP contribution in [-0.2, 0) is 17.8 Å². The van der Waals surface area contributed by atoms with E-state index in [2.05, 4.69) is 24.1 Å². The van der Waals surface area contributed by atoms with Gasteiger partial charge in [0.15, 0.2) is 11.5 Å². The summed E-state index contributed by atoms with van der Waals surface area (Å²) in [7, 11) is 0. The summed E-state index contributed by atoms with van der Waals surface area (Å²) < 4.78 is 12.4. The van der Waals surface area contributed by atoms with Crippen molar-refractivity contribution in [1.82, 2.24) is 5.32 Å². The summed E-state index contributed by atoms with van der Waals surface area (Å²) in [6.45, 7) is 2.39. The van der Waals surface area contributed by atoms with E-state index in [1.807, 2.05) is 18.3 Å². The van der Waals surface area contributed by atoms with Gasteiger partial charge in [0, 0.05) is 23.3 Å². The Labute approximate surface area is 227 Å². The number of phenolic OH excluding ortho intramolecular Hbond substituents is 1. The topological polar surface area (TPSA) is 117 Å². The second kappa shape index (κ2) is 14.0. The third kappa shape index (κ3) is 8.25. The molecule has 0 aromatic heterocycles. The molecule has 0 spiro atoms. The molecule has 208 valence electrons. The van der Waals surface area contributed by atoms with Crippen molar-refractivity contribution < 1.29 is 24.8 Å². The number of nitrogens with one attached hydrogen (secondary N) is 1. The number of aliphatic hydroxyl groups is 2. The number of nitrogens with two attached hydrogens (primary N) is 1. The van der Waals surface area contributed by atoms with Gasteiger partial charge in [-0.15, -0.1) is 0 Å². The fourth-order valence-corrected chi connectivity index (χ4v) is 5.49. The highest BCUT2D eigenvalue weighted by Gasteiger charge is 2.21. The molecule has 4 atom stereocenters. The Morgan fingerprint density at radius 2 is 1.95 bits per heavy atom. The van der Waals surface area contributed by atoms with Crippen molar-refractivity contribution >= 4 is 0 Å². The van der Waals surface area contributed by atoms with Crippen molar-refractivity contribution in [2.75, 3.05) is 6.61 Å². The van der Waals surface area contributed by atoms with Crippen molar-refractivity contribution in [2.24, 2.45) is 11.7 Å². The number of fused-ring (bicyclic) bond motifs is 1. The first-order valence-corrected chi connectivity index (χ1v) is 14.3. The largest absolute Gasteiger partial charge is 0.504 e. The van der Waals surface area contributed by atoms with Gasteiger partial charge in [0.1, 0.15) is 0 Å². The van der Waals surface area contributed by atoms with Gasteiger partial charge in [-0.2, -0.15) is 0 Å². The van der Waals surface area contributed by atoms with Gasteiger partial charge in [0.05, 0.1) is 37.7 Å². The second-order valence-electron chi connectivity index (χ2n) is 11.0. The molecule has 1 fully saturated rings. The van der Waals surface area contributed by atoms with Crippen molar-refractivity contribution in [3.8, 4) is 23.3 Å². The molecule has 0 saturated heterocycles. The first kappa shape index (κ1) is 28.5. The van der Waals surface area contributed by atoms with E-state index in [4.69, 9.17) is 15.2 Å². The fourth-order valence-electron chi connectivity index (χ4n) is 5.49. The van der Waals surface area contributed by atoms with Crippen LogP contribution < -0.4 is 15.8 Å². The predicted octanol–water partition coefficient (Wildman–Crippen LogP) is 4.19. The molecule has 4 rings (SSSR count). The number of aromatic hydroxyl groups is 1. The molecule has 1 saturated carbocycles. The Morgan fingerprint density at radius 1 is 1.13 bits per heavy atom. The zero-order chi connectivity index (χ0) is 26.9. The number of ether oxygens (including phenoxy) is 2. The third-order valence-corrected chi connectivity index (χ3v) is 7.81. The molecule has 0 bridgehead atoms. The lowest BCUT2D eigenvalue weighted by Gasteiger charge is -2.25. The van der Waals surface area contributed by atoms with Gasteiger partial charge >= 0.3 is 0 Å². The molecule has 1 aliphatic carbocycles. The molecular weight excluding hydrogens is 480 g/mol. The summed E-state index contributed by atoms with van der Waals surface area (Å²) in [6, 6.07) is 3.44. The van der Waals surface area contributed by atoms with Crippen molar-refractivity contribution in [1.29, 1.82) is 0 Å². The van der Waals surface area contributed by atoms with Gasteiger partial charge in [-0.1, -0.05) is 25.2 Å².